The zero-order valence-electron chi connectivity index (χ0n) is 43.4. The van der Waals surface area contributed by atoms with Gasteiger partial charge in [-0.25, -0.2) is 19.0 Å². The molecule has 2 N–H and O–H groups in total. The van der Waals surface area contributed by atoms with Gasteiger partial charge in [0.1, 0.15) is 28.5 Å². The number of carbonyl (C=O) groups is 2. The fraction of sp³-hybridized carbons (Fsp3) is 0.517. The van der Waals surface area contributed by atoms with Gasteiger partial charge in [0, 0.05) is 76.7 Å². The maximum atomic E-state index is 14.6. The van der Waals surface area contributed by atoms with Crippen molar-refractivity contribution in [3.05, 3.63) is 100 Å². The standard InChI is InChI=1S/C30H29F3N4O5.C28H30FN3O4S/c1-36-24-14-19(10-11-21(24)27(34-36)29(38)39)37-17-8-9-18(37)13-20(12-17)40-15-23-26(35-42-28(23)16-6-7-16)22-4-2-3-5-25(22)41-30(31,32)33;29-21-8-14(27(33)34)9-22-25(21)30-28(37-22)32-15-6-7-16(32)11-17(10-15)35-12-20-24(23-18-2-1-3-19(18)23)31-36-26(20)13-4-5-13/h2-5,10-11,14,16-18,20H,6-9,12-13,15H2,1H3,(H,38,39);8-9,13,15-19,23H,1-7,10-12H2,(H,33,34)/t17-,18+,20-;. The Kier molecular flexibility index (Phi) is 12.6. The molecule has 21 heteroatoms. The quantitative estimate of drug-likeness (QED) is 0.0921. The molecule has 15 rings (SSSR count). The van der Waals surface area contributed by atoms with E-state index in [0.29, 0.717) is 57.6 Å². The molecule has 4 bridgehead atoms. The number of para-hydroxylation sites is 1. The van der Waals surface area contributed by atoms with Crippen molar-refractivity contribution < 1.29 is 60.6 Å². The number of aromatic nitrogens is 5. The Labute approximate surface area is 454 Å². The average Bonchev–Trinajstić information content (AvgIpc) is 4.46. The molecule has 79 heavy (non-hydrogen) atoms. The van der Waals surface area contributed by atoms with E-state index in [4.69, 9.17) is 18.5 Å². The summed E-state index contributed by atoms with van der Waals surface area (Å²) in [5, 5.41) is 33.1. The van der Waals surface area contributed by atoms with Crippen molar-refractivity contribution in [2.24, 2.45) is 18.9 Å². The van der Waals surface area contributed by atoms with E-state index in [-0.39, 0.29) is 64.9 Å². The van der Waals surface area contributed by atoms with Gasteiger partial charge in [-0.3, -0.25) is 4.68 Å². The number of alkyl halides is 3. The van der Waals surface area contributed by atoms with Gasteiger partial charge in [-0.2, -0.15) is 5.10 Å². The Morgan fingerprint density at radius 1 is 0.747 bits per heavy atom. The molecule has 4 aliphatic heterocycles. The van der Waals surface area contributed by atoms with Gasteiger partial charge in [-0.1, -0.05) is 40.2 Å². The Morgan fingerprint density at radius 3 is 2.00 bits per heavy atom. The first-order valence-corrected chi connectivity index (χ1v) is 28.7. The van der Waals surface area contributed by atoms with Crippen molar-refractivity contribution in [1.82, 2.24) is 25.1 Å². The molecular formula is C58H59F4N7O9S. The molecule has 4 unspecified atom stereocenters. The third-order valence-corrected chi connectivity index (χ3v) is 19.2. The lowest BCUT2D eigenvalue weighted by Crippen LogP contribution is -2.45. The first-order valence-electron chi connectivity index (χ1n) is 27.9. The van der Waals surface area contributed by atoms with Crippen molar-refractivity contribution in [2.75, 3.05) is 9.80 Å². The molecular weight excluding hydrogens is 1050 g/mol. The SMILES string of the molecule is Cn1nc(C(=O)O)c2ccc(N3[C@@H]4CC[C@H]3C[C@H](OCc3c(-c5ccccc5OC(F)(F)F)noc3C3CC3)C4)cc21.O=C(O)c1cc(F)c2nc(N3C4CCC3CC(OCc3c(C5C6CCCC65)noc3C3CC3)C4)sc2c1. The first-order chi connectivity index (χ1) is 38.2. The number of nitrogens with zero attached hydrogens (tertiary/aromatic N) is 7. The molecule has 8 heterocycles. The fourth-order valence-corrected chi connectivity index (χ4v) is 15.5. The number of carboxylic acids is 2. The predicted molar refractivity (Wildman–Crippen MR) is 281 cm³/mol. The third-order valence-electron chi connectivity index (χ3n) is 18.2. The van der Waals surface area contributed by atoms with Crippen LogP contribution in [0.1, 0.15) is 163 Å². The number of fused-ring (bicyclic) bond motifs is 7. The van der Waals surface area contributed by atoms with Gasteiger partial charge in [0.2, 0.25) is 0 Å². The molecule has 3 aromatic carbocycles. The van der Waals surface area contributed by atoms with Crippen LogP contribution in [0.3, 0.4) is 0 Å². The number of aromatic carboxylic acids is 2. The van der Waals surface area contributed by atoms with Crippen LogP contribution in [0.15, 0.2) is 63.6 Å². The summed E-state index contributed by atoms with van der Waals surface area (Å²) in [6, 6.07) is 15.5. The molecule has 8 fully saturated rings. The molecule has 4 saturated carbocycles. The number of benzene rings is 3. The minimum Gasteiger partial charge on any atom is -0.478 e. The minimum atomic E-state index is -4.83. The lowest BCUT2D eigenvalue weighted by atomic mass is 9.98. The highest BCUT2D eigenvalue weighted by atomic mass is 32.1. The van der Waals surface area contributed by atoms with E-state index >= 15 is 0 Å². The number of aryl methyl sites for hydroxylation is 1. The summed E-state index contributed by atoms with van der Waals surface area (Å²) in [7, 11) is 1.75. The lowest BCUT2D eigenvalue weighted by Gasteiger charge is -2.40. The number of hydrogen-bond donors (Lipinski definition) is 2. The molecule has 16 nitrogen and oxygen atoms in total. The van der Waals surface area contributed by atoms with Gasteiger partial charge in [0.15, 0.2) is 16.6 Å². The van der Waals surface area contributed by atoms with Crippen molar-refractivity contribution in [3.63, 3.8) is 0 Å². The number of rotatable bonds is 15. The van der Waals surface area contributed by atoms with Gasteiger partial charge in [-0.05, 0) is 144 Å². The second kappa shape index (κ2) is 19.6. The van der Waals surface area contributed by atoms with E-state index in [1.54, 1.807) is 23.9 Å². The van der Waals surface area contributed by atoms with E-state index in [1.807, 2.05) is 18.2 Å². The topological polar surface area (TPSA) is 192 Å². The van der Waals surface area contributed by atoms with Gasteiger partial charge >= 0.3 is 18.3 Å². The number of anilines is 2. The largest absolute Gasteiger partial charge is 0.573 e. The maximum Gasteiger partial charge on any atom is 0.573 e. The molecule has 7 atom stereocenters. The summed E-state index contributed by atoms with van der Waals surface area (Å²) in [5.74, 6) is 1.61. The molecule has 7 aromatic rings. The van der Waals surface area contributed by atoms with E-state index in [9.17, 15) is 37.4 Å². The van der Waals surface area contributed by atoms with Crippen molar-refractivity contribution in [1.29, 1.82) is 0 Å². The zero-order chi connectivity index (χ0) is 54.0. The first kappa shape index (κ1) is 50.6. The summed E-state index contributed by atoms with van der Waals surface area (Å²) >= 11 is 1.39. The van der Waals surface area contributed by atoms with E-state index in [2.05, 4.69) is 34.9 Å². The van der Waals surface area contributed by atoms with Crippen LogP contribution in [-0.2, 0) is 29.7 Å². The number of hydrogen-bond acceptors (Lipinski definition) is 14. The van der Waals surface area contributed by atoms with Gasteiger partial charge in [-0.15, -0.1) is 13.2 Å². The van der Waals surface area contributed by atoms with Crippen LogP contribution in [0.4, 0.5) is 28.4 Å². The Bertz CT molecular complexity index is 3480. The summed E-state index contributed by atoms with van der Waals surface area (Å²) in [4.78, 5) is 32.3. The van der Waals surface area contributed by atoms with Crippen LogP contribution in [0.2, 0.25) is 0 Å². The van der Waals surface area contributed by atoms with Gasteiger partial charge in [0.25, 0.3) is 0 Å². The third kappa shape index (κ3) is 9.49. The van der Waals surface area contributed by atoms with Crippen LogP contribution in [-0.4, -0.2) is 90.0 Å². The number of thiazole rings is 1. The van der Waals surface area contributed by atoms with Gasteiger partial charge < -0.3 is 43.3 Å². The van der Waals surface area contributed by atoms with Crippen LogP contribution in [0.5, 0.6) is 5.75 Å². The Balaban J connectivity index is 0.000000144. The van der Waals surface area contributed by atoms with Crippen LogP contribution in [0.25, 0.3) is 32.4 Å². The van der Waals surface area contributed by atoms with Gasteiger partial charge in [0.05, 0.1) is 46.9 Å². The maximum absolute atomic E-state index is 14.6. The van der Waals surface area contributed by atoms with Crippen molar-refractivity contribution in [2.45, 2.75) is 170 Å². The van der Waals surface area contributed by atoms with E-state index < -0.39 is 24.1 Å². The smallest absolute Gasteiger partial charge is 0.478 e. The highest BCUT2D eigenvalue weighted by Gasteiger charge is 2.56. The summed E-state index contributed by atoms with van der Waals surface area (Å²) in [6.45, 7) is 0.781. The van der Waals surface area contributed by atoms with Crippen molar-refractivity contribution >= 4 is 55.2 Å². The molecule has 4 aliphatic carbocycles. The number of piperidine rings is 2. The second-order valence-corrected chi connectivity index (χ2v) is 24.1. The molecule has 0 radical (unpaired) electrons. The minimum absolute atomic E-state index is 0.0331. The fourth-order valence-electron chi connectivity index (χ4n) is 14.3. The molecule has 8 aliphatic rings. The molecule has 0 spiro atoms. The van der Waals surface area contributed by atoms with E-state index in [0.717, 1.165) is 104 Å². The molecule has 4 saturated heterocycles. The monoisotopic (exact) mass is 1110 g/mol. The highest BCUT2D eigenvalue weighted by molar-refractivity contribution is 7.22. The Morgan fingerprint density at radius 2 is 1.37 bits per heavy atom. The predicted octanol–water partition coefficient (Wildman–Crippen LogP) is 12.6. The summed E-state index contributed by atoms with van der Waals surface area (Å²) < 4.78 is 85.1. The highest BCUT2D eigenvalue weighted by Crippen LogP contribution is 2.64. The summed E-state index contributed by atoms with van der Waals surface area (Å²) in [6.07, 6.45) is 11.2. The second-order valence-electron chi connectivity index (χ2n) is 23.1. The Hall–Kier alpha value is -6.58. The molecule has 0 amide bonds. The summed E-state index contributed by atoms with van der Waals surface area (Å²) in [5.41, 5.74) is 5.72. The number of ether oxygens (including phenoxy) is 3. The van der Waals surface area contributed by atoms with Crippen molar-refractivity contribution in [3.8, 4) is 17.0 Å². The molecule has 414 valence electrons. The zero-order valence-corrected chi connectivity index (χ0v) is 44.2. The normalized spacial score (nSPS) is 26.9. The molecule has 4 aromatic heterocycles. The number of halogens is 4. The van der Waals surface area contributed by atoms with Crippen LogP contribution in [0, 0.1) is 17.7 Å². The van der Waals surface area contributed by atoms with Crippen LogP contribution >= 0.6 is 11.3 Å². The van der Waals surface area contributed by atoms with E-state index in [1.165, 1.54) is 72.9 Å². The number of carboxylic acid groups (broad SMARTS) is 2. The van der Waals surface area contributed by atoms with Crippen LogP contribution < -0.4 is 14.5 Å². The average molecular weight is 1110 g/mol. The lowest BCUT2D eigenvalue weighted by molar-refractivity contribution is -0.274.